The lowest BCUT2D eigenvalue weighted by Crippen LogP contribution is -2.46. The summed E-state index contributed by atoms with van der Waals surface area (Å²) in [7, 11) is 1.89. The van der Waals surface area contributed by atoms with Gasteiger partial charge in [-0.05, 0) is 12.8 Å². The molecule has 0 radical (unpaired) electrons. The van der Waals surface area contributed by atoms with Crippen molar-refractivity contribution in [2.24, 2.45) is 5.73 Å². The van der Waals surface area contributed by atoms with Crippen molar-refractivity contribution < 1.29 is 4.79 Å². The second-order valence-electron chi connectivity index (χ2n) is 3.99. The second kappa shape index (κ2) is 5.32. The minimum Gasteiger partial charge on any atom is -0.343 e. The van der Waals surface area contributed by atoms with Crippen LogP contribution >= 0.6 is 0 Å². The first-order valence-corrected chi connectivity index (χ1v) is 5.31. The molecular weight excluding hydrogens is 178 g/mol. The molecule has 0 saturated carbocycles. The lowest BCUT2D eigenvalue weighted by Gasteiger charge is -2.36. The maximum absolute atomic E-state index is 11.1. The smallest absolute Gasteiger partial charge is 0.219 e. The summed E-state index contributed by atoms with van der Waals surface area (Å²) in [4.78, 5) is 15.4. The molecule has 1 aliphatic heterocycles. The summed E-state index contributed by atoms with van der Waals surface area (Å²) in [5.41, 5.74) is 5.50. The number of likely N-dealkylation sites (tertiary alicyclic amines) is 1. The number of nitrogens with two attached hydrogens (primary N) is 1. The van der Waals surface area contributed by atoms with Crippen LogP contribution in [0.3, 0.4) is 0 Å². The first-order valence-electron chi connectivity index (χ1n) is 5.31. The summed E-state index contributed by atoms with van der Waals surface area (Å²) < 4.78 is 0. The Hall–Kier alpha value is -0.610. The van der Waals surface area contributed by atoms with Crippen LogP contribution in [0.15, 0.2) is 0 Å². The van der Waals surface area contributed by atoms with Crippen molar-refractivity contribution in [2.75, 3.05) is 33.2 Å². The van der Waals surface area contributed by atoms with Crippen LogP contribution in [0, 0.1) is 0 Å². The number of rotatable bonds is 3. The monoisotopic (exact) mass is 199 g/mol. The molecule has 0 aliphatic carbocycles. The molecule has 1 amide bonds. The van der Waals surface area contributed by atoms with Crippen LogP contribution in [-0.2, 0) is 4.79 Å². The fourth-order valence-electron chi connectivity index (χ4n) is 1.97. The average Bonchev–Trinajstić information content (AvgIpc) is 2.18. The minimum absolute atomic E-state index is 0.169. The highest BCUT2D eigenvalue weighted by Gasteiger charge is 2.22. The van der Waals surface area contributed by atoms with Crippen LogP contribution in [-0.4, -0.2) is 55.0 Å². The third-order valence-corrected chi connectivity index (χ3v) is 3.05. The van der Waals surface area contributed by atoms with E-state index in [0.29, 0.717) is 6.04 Å². The molecule has 0 aromatic carbocycles. The van der Waals surface area contributed by atoms with Gasteiger partial charge in [0.25, 0.3) is 0 Å². The van der Waals surface area contributed by atoms with Gasteiger partial charge in [0.05, 0.1) is 0 Å². The lowest BCUT2D eigenvalue weighted by atomic mass is 10.0. The van der Waals surface area contributed by atoms with E-state index in [1.54, 1.807) is 6.92 Å². The molecule has 1 fully saturated rings. The predicted molar refractivity (Wildman–Crippen MR) is 57.0 cm³/mol. The van der Waals surface area contributed by atoms with Crippen LogP contribution < -0.4 is 5.73 Å². The Morgan fingerprint density at radius 1 is 1.50 bits per heavy atom. The van der Waals surface area contributed by atoms with E-state index in [-0.39, 0.29) is 5.91 Å². The van der Waals surface area contributed by atoms with E-state index >= 15 is 0 Å². The molecule has 1 aliphatic rings. The zero-order chi connectivity index (χ0) is 10.6. The number of carbonyl (C=O) groups is 1. The van der Waals surface area contributed by atoms with Crippen molar-refractivity contribution in [3.8, 4) is 0 Å². The number of carbonyl (C=O) groups excluding carboxylic acids is 1. The van der Waals surface area contributed by atoms with Crippen LogP contribution in [0.1, 0.15) is 19.8 Å². The Morgan fingerprint density at radius 2 is 2.07 bits per heavy atom. The van der Waals surface area contributed by atoms with Gasteiger partial charge in [-0.25, -0.2) is 0 Å². The van der Waals surface area contributed by atoms with Crippen molar-refractivity contribution >= 4 is 5.91 Å². The van der Waals surface area contributed by atoms with Crippen LogP contribution in [0.25, 0.3) is 0 Å². The number of piperidine rings is 1. The van der Waals surface area contributed by atoms with Crippen molar-refractivity contribution in [1.82, 2.24) is 9.80 Å². The third-order valence-electron chi connectivity index (χ3n) is 3.05. The summed E-state index contributed by atoms with van der Waals surface area (Å²) in [5.74, 6) is 0.169. The van der Waals surface area contributed by atoms with Gasteiger partial charge in [-0.15, -0.1) is 0 Å². The summed E-state index contributed by atoms with van der Waals surface area (Å²) in [5, 5.41) is 0. The van der Waals surface area contributed by atoms with Crippen molar-refractivity contribution in [3.05, 3.63) is 0 Å². The van der Waals surface area contributed by atoms with Crippen LogP contribution in [0.4, 0.5) is 0 Å². The number of hydrogen-bond donors (Lipinski definition) is 1. The molecule has 0 bridgehead atoms. The molecule has 2 N–H and O–H groups in total. The fraction of sp³-hybridized carbons (Fsp3) is 0.900. The molecule has 14 heavy (non-hydrogen) atoms. The molecule has 0 aromatic rings. The quantitative estimate of drug-likeness (QED) is 0.690. The zero-order valence-electron chi connectivity index (χ0n) is 9.20. The predicted octanol–water partition coefficient (Wildman–Crippen LogP) is -0.112. The minimum atomic E-state index is 0.169. The SMILES string of the molecule is CC(=O)N(C)C1CCN(CCN)CC1. The Bertz CT molecular complexity index is 188. The van der Waals surface area contributed by atoms with Crippen LogP contribution in [0.2, 0.25) is 0 Å². The Morgan fingerprint density at radius 3 is 2.50 bits per heavy atom. The van der Waals surface area contributed by atoms with Gasteiger partial charge in [0.2, 0.25) is 5.91 Å². The maximum Gasteiger partial charge on any atom is 0.219 e. The first kappa shape index (κ1) is 11.5. The van der Waals surface area contributed by atoms with Gasteiger partial charge in [0.1, 0.15) is 0 Å². The molecule has 0 spiro atoms. The molecule has 0 aromatic heterocycles. The highest BCUT2D eigenvalue weighted by Crippen LogP contribution is 2.14. The van der Waals surface area contributed by atoms with E-state index in [9.17, 15) is 4.79 Å². The molecule has 1 heterocycles. The molecule has 1 rings (SSSR count). The number of nitrogens with zero attached hydrogens (tertiary/aromatic N) is 2. The standard InChI is InChI=1S/C10H21N3O/c1-9(14)12(2)10-3-6-13(7-4-10)8-5-11/h10H,3-8,11H2,1-2H3. The third kappa shape index (κ3) is 2.96. The summed E-state index contributed by atoms with van der Waals surface area (Å²) in [6.07, 6.45) is 2.16. The molecule has 0 atom stereocenters. The summed E-state index contributed by atoms with van der Waals surface area (Å²) in [6, 6.07) is 0.432. The second-order valence-corrected chi connectivity index (χ2v) is 3.99. The normalized spacial score (nSPS) is 19.6. The summed E-state index contributed by atoms with van der Waals surface area (Å²) in [6.45, 7) is 5.48. The van der Waals surface area contributed by atoms with E-state index in [0.717, 1.165) is 39.0 Å². The van der Waals surface area contributed by atoms with Gasteiger partial charge >= 0.3 is 0 Å². The maximum atomic E-state index is 11.1. The zero-order valence-corrected chi connectivity index (χ0v) is 9.20. The molecule has 4 nitrogen and oxygen atoms in total. The summed E-state index contributed by atoms with van der Waals surface area (Å²) >= 11 is 0. The Balaban J connectivity index is 2.31. The average molecular weight is 199 g/mol. The van der Waals surface area contributed by atoms with Gasteiger partial charge < -0.3 is 15.5 Å². The fourth-order valence-corrected chi connectivity index (χ4v) is 1.97. The number of hydrogen-bond acceptors (Lipinski definition) is 3. The number of amides is 1. The van der Waals surface area contributed by atoms with Gasteiger partial charge in [-0.1, -0.05) is 0 Å². The van der Waals surface area contributed by atoms with E-state index in [2.05, 4.69) is 4.90 Å². The van der Waals surface area contributed by atoms with Crippen molar-refractivity contribution in [3.63, 3.8) is 0 Å². The lowest BCUT2D eigenvalue weighted by molar-refractivity contribution is -0.130. The highest BCUT2D eigenvalue weighted by molar-refractivity contribution is 5.73. The van der Waals surface area contributed by atoms with Gasteiger partial charge in [-0.2, -0.15) is 0 Å². The van der Waals surface area contributed by atoms with E-state index in [4.69, 9.17) is 5.73 Å². The highest BCUT2D eigenvalue weighted by atomic mass is 16.2. The molecule has 82 valence electrons. The van der Waals surface area contributed by atoms with E-state index < -0.39 is 0 Å². The van der Waals surface area contributed by atoms with Gasteiger partial charge in [-0.3, -0.25) is 4.79 Å². The Labute approximate surface area is 86.0 Å². The van der Waals surface area contributed by atoms with Gasteiger partial charge in [0.15, 0.2) is 0 Å². The first-order chi connectivity index (χ1) is 6.65. The van der Waals surface area contributed by atoms with Crippen molar-refractivity contribution in [1.29, 1.82) is 0 Å². The molecule has 0 unspecified atom stereocenters. The Kier molecular flexibility index (Phi) is 4.35. The molecule has 4 heteroatoms. The largest absolute Gasteiger partial charge is 0.343 e. The topological polar surface area (TPSA) is 49.6 Å². The van der Waals surface area contributed by atoms with Crippen LogP contribution in [0.5, 0.6) is 0 Å². The molecule has 1 saturated heterocycles. The van der Waals surface area contributed by atoms with E-state index in [1.807, 2.05) is 11.9 Å². The van der Waals surface area contributed by atoms with Crippen molar-refractivity contribution in [2.45, 2.75) is 25.8 Å². The van der Waals surface area contributed by atoms with E-state index in [1.165, 1.54) is 0 Å². The van der Waals surface area contributed by atoms with Gasteiger partial charge in [0, 0.05) is 46.2 Å². The molecular formula is C10H21N3O.